The van der Waals surface area contributed by atoms with Crippen molar-refractivity contribution in [3.63, 3.8) is 0 Å². The van der Waals surface area contributed by atoms with Crippen LogP contribution in [0.15, 0.2) is 87.6 Å². The van der Waals surface area contributed by atoms with Crippen molar-refractivity contribution in [2.45, 2.75) is 0 Å². The van der Waals surface area contributed by atoms with Crippen LogP contribution in [0.2, 0.25) is 5.02 Å². The lowest BCUT2D eigenvalue weighted by molar-refractivity contribution is -0.384. The molecule has 1 aromatic heterocycles. The van der Waals surface area contributed by atoms with Crippen LogP contribution in [0.1, 0.15) is 10.4 Å². The third kappa shape index (κ3) is 4.96. The molecule has 0 radical (unpaired) electrons. The number of benzene rings is 3. The Morgan fingerprint density at radius 1 is 1.03 bits per heavy atom. The Morgan fingerprint density at radius 2 is 1.69 bits per heavy atom. The molecule has 0 atom stereocenters. The van der Waals surface area contributed by atoms with E-state index in [4.69, 9.17) is 11.6 Å². The number of rotatable bonds is 5. The van der Waals surface area contributed by atoms with Crippen molar-refractivity contribution in [3.05, 3.63) is 108 Å². The lowest BCUT2D eigenvalue weighted by atomic mass is 10.2. The molecule has 1 amide bonds. The summed E-state index contributed by atoms with van der Waals surface area (Å²) in [6.45, 7) is 0. The van der Waals surface area contributed by atoms with Gasteiger partial charge < -0.3 is 0 Å². The van der Waals surface area contributed by atoms with E-state index in [9.17, 15) is 14.9 Å². The molecule has 3 aromatic carbocycles. The van der Waals surface area contributed by atoms with Crippen LogP contribution < -0.4 is 10.2 Å². The van der Waals surface area contributed by atoms with Gasteiger partial charge in [-0.05, 0) is 48.5 Å². The summed E-state index contributed by atoms with van der Waals surface area (Å²) in [6, 6.07) is 20.1. The molecule has 160 valence electrons. The second-order valence-corrected chi connectivity index (χ2v) is 8.77. The van der Waals surface area contributed by atoms with E-state index < -0.39 is 4.92 Å². The van der Waals surface area contributed by atoms with Gasteiger partial charge in [-0.1, -0.05) is 39.7 Å². The largest absolute Gasteiger partial charge is 0.270 e. The van der Waals surface area contributed by atoms with E-state index in [0.29, 0.717) is 21.1 Å². The van der Waals surface area contributed by atoms with E-state index in [1.54, 1.807) is 41.1 Å². The summed E-state index contributed by atoms with van der Waals surface area (Å²) in [5, 5.41) is 13.3. The lowest BCUT2D eigenvalue weighted by Gasteiger charge is -2.11. The Balaban J connectivity index is 1.77. The Hall–Kier alpha value is -3.27. The summed E-state index contributed by atoms with van der Waals surface area (Å²) < 4.78 is 2.54. The zero-order chi connectivity index (χ0) is 22.7. The van der Waals surface area contributed by atoms with E-state index in [0.717, 1.165) is 15.7 Å². The van der Waals surface area contributed by atoms with Crippen LogP contribution in [-0.4, -0.2) is 15.5 Å². The Morgan fingerprint density at radius 3 is 2.31 bits per heavy atom. The number of nitro benzene ring substituents is 1. The highest BCUT2D eigenvalue weighted by Gasteiger charge is 2.13. The molecule has 4 aromatic rings. The van der Waals surface area contributed by atoms with Gasteiger partial charge in [0.2, 0.25) is 4.80 Å². The molecular weight excluding hydrogens is 516 g/mol. The summed E-state index contributed by atoms with van der Waals surface area (Å²) in [5.41, 5.74) is 5.46. The predicted octanol–water partition coefficient (Wildman–Crippen LogP) is 6.16. The molecule has 0 fully saturated rings. The van der Waals surface area contributed by atoms with Crippen molar-refractivity contribution in [1.29, 1.82) is 0 Å². The first-order chi connectivity index (χ1) is 15.4. The van der Waals surface area contributed by atoms with Gasteiger partial charge in [0.25, 0.3) is 11.6 Å². The molecule has 4 rings (SSSR count). The van der Waals surface area contributed by atoms with E-state index in [2.05, 4.69) is 26.3 Å². The van der Waals surface area contributed by atoms with Gasteiger partial charge in [0, 0.05) is 38.1 Å². The number of hydrogen-bond donors (Lipinski definition) is 1. The number of amides is 1. The third-order valence-corrected chi connectivity index (χ3v) is 6.06. The summed E-state index contributed by atoms with van der Waals surface area (Å²) in [4.78, 5) is 28.4. The number of nitrogens with one attached hydrogen (secondary N) is 1. The first kappa shape index (κ1) is 21.9. The zero-order valence-electron chi connectivity index (χ0n) is 16.2. The van der Waals surface area contributed by atoms with Gasteiger partial charge in [-0.25, -0.2) is 9.67 Å². The molecule has 0 aliphatic heterocycles. The number of halogens is 2. The highest BCUT2D eigenvalue weighted by molar-refractivity contribution is 9.10. The first-order valence-electron chi connectivity index (χ1n) is 9.23. The van der Waals surface area contributed by atoms with Crippen molar-refractivity contribution in [2.24, 2.45) is 4.99 Å². The Kier molecular flexibility index (Phi) is 6.50. The van der Waals surface area contributed by atoms with Crippen LogP contribution in [0.4, 0.5) is 11.4 Å². The molecular formula is C22H14BrClN4O3S. The number of non-ortho nitro benzene ring substituents is 1. The molecule has 1 N–H and O–H groups in total. The number of nitro groups is 1. The van der Waals surface area contributed by atoms with E-state index >= 15 is 0 Å². The van der Waals surface area contributed by atoms with Crippen LogP contribution >= 0.6 is 38.9 Å². The molecule has 32 heavy (non-hydrogen) atoms. The number of hydrogen-bond acceptors (Lipinski definition) is 5. The van der Waals surface area contributed by atoms with Gasteiger partial charge in [-0.2, -0.15) is 0 Å². The minimum atomic E-state index is -0.465. The van der Waals surface area contributed by atoms with Gasteiger partial charge in [-0.15, -0.1) is 11.3 Å². The Bertz CT molecular complexity index is 1350. The van der Waals surface area contributed by atoms with Crippen LogP contribution in [0.5, 0.6) is 0 Å². The first-order valence-corrected chi connectivity index (χ1v) is 11.3. The standard InChI is InChI=1S/C22H14BrClN4O3S/c23-16-5-1-14(2-6-16)20-13-32-22(25-18-9-11-19(12-10-18)28(30)31)27(20)26-21(29)15-3-7-17(24)8-4-15/h1-13H,(H,26,29). The number of thiazole rings is 1. The maximum absolute atomic E-state index is 12.9. The van der Waals surface area contributed by atoms with Crippen LogP contribution in [-0.2, 0) is 0 Å². The van der Waals surface area contributed by atoms with Crippen molar-refractivity contribution < 1.29 is 9.72 Å². The maximum Gasteiger partial charge on any atom is 0.270 e. The smallest absolute Gasteiger partial charge is 0.267 e. The van der Waals surface area contributed by atoms with Crippen molar-refractivity contribution in [1.82, 2.24) is 4.68 Å². The average molecular weight is 530 g/mol. The summed E-state index contributed by atoms with van der Waals surface area (Å²) >= 11 is 10.7. The molecule has 0 aliphatic carbocycles. The highest BCUT2D eigenvalue weighted by atomic mass is 79.9. The van der Waals surface area contributed by atoms with Crippen LogP contribution in [0.3, 0.4) is 0 Å². The molecule has 0 bridgehead atoms. The van der Waals surface area contributed by atoms with E-state index in [1.165, 1.54) is 23.5 Å². The number of carbonyl (C=O) groups is 1. The highest BCUT2D eigenvalue weighted by Crippen LogP contribution is 2.23. The van der Waals surface area contributed by atoms with Gasteiger partial charge in [0.1, 0.15) is 0 Å². The molecule has 0 saturated carbocycles. The molecule has 7 nitrogen and oxygen atoms in total. The van der Waals surface area contributed by atoms with Crippen LogP contribution in [0, 0.1) is 10.1 Å². The molecule has 0 spiro atoms. The summed E-state index contributed by atoms with van der Waals surface area (Å²) in [6.07, 6.45) is 0. The molecule has 0 unspecified atom stereocenters. The van der Waals surface area contributed by atoms with E-state index in [-0.39, 0.29) is 11.6 Å². The fraction of sp³-hybridized carbons (Fsp3) is 0. The average Bonchev–Trinajstić information content (AvgIpc) is 3.17. The second-order valence-electron chi connectivity index (χ2n) is 6.58. The summed E-state index contributed by atoms with van der Waals surface area (Å²) in [5.74, 6) is -0.330. The Labute approximate surface area is 199 Å². The van der Waals surface area contributed by atoms with Gasteiger partial charge in [0.05, 0.1) is 16.3 Å². The quantitative estimate of drug-likeness (QED) is 0.248. The predicted molar refractivity (Wildman–Crippen MR) is 129 cm³/mol. The normalized spacial score (nSPS) is 11.4. The van der Waals surface area contributed by atoms with Gasteiger partial charge >= 0.3 is 0 Å². The minimum absolute atomic E-state index is 0.0189. The molecule has 1 heterocycles. The second kappa shape index (κ2) is 9.47. The zero-order valence-corrected chi connectivity index (χ0v) is 19.4. The SMILES string of the molecule is O=C(Nn1c(-c2ccc(Br)cc2)csc1=Nc1ccc([N+](=O)[O-])cc1)c1ccc(Cl)cc1. The van der Waals surface area contributed by atoms with Crippen molar-refractivity contribution >= 4 is 56.1 Å². The van der Waals surface area contributed by atoms with Crippen molar-refractivity contribution in [3.8, 4) is 11.3 Å². The number of aromatic nitrogens is 1. The fourth-order valence-corrected chi connectivity index (χ4v) is 4.10. The fourth-order valence-electron chi connectivity index (χ4n) is 2.85. The van der Waals surface area contributed by atoms with Gasteiger partial charge in [0.15, 0.2) is 0 Å². The molecule has 0 aliphatic rings. The maximum atomic E-state index is 12.9. The minimum Gasteiger partial charge on any atom is -0.267 e. The molecule has 10 heteroatoms. The third-order valence-electron chi connectivity index (χ3n) is 4.45. The van der Waals surface area contributed by atoms with Crippen molar-refractivity contribution in [2.75, 3.05) is 5.43 Å². The summed E-state index contributed by atoms with van der Waals surface area (Å²) in [7, 11) is 0. The topological polar surface area (TPSA) is 89.5 Å². The number of nitrogens with zero attached hydrogens (tertiary/aromatic N) is 3. The molecule has 0 saturated heterocycles. The van der Waals surface area contributed by atoms with E-state index in [1.807, 2.05) is 29.6 Å². The van der Waals surface area contributed by atoms with Gasteiger partial charge in [-0.3, -0.25) is 20.3 Å². The van der Waals surface area contributed by atoms with Crippen LogP contribution in [0.25, 0.3) is 11.3 Å². The monoisotopic (exact) mass is 528 g/mol. The lowest BCUT2D eigenvalue weighted by Crippen LogP contribution is -2.31. The number of carbonyl (C=O) groups excluding carboxylic acids is 1.